The lowest BCUT2D eigenvalue weighted by Crippen LogP contribution is -2.12. The number of benzene rings is 3. The molecule has 3 aromatic carbocycles. The van der Waals surface area contributed by atoms with Gasteiger partial charge in [-0.25, -0.2) is 0 Å². The number of hydrogen-bond donors (Lipinski definition) is 5. The average molecular weight is 477 g/mol. The van der Waals surface area contributed by atoms with Gasteiger partial charge in [-0.2, -0.15) is 25.3 Å². The molecule has 0 saturated carbocycles. The van der Waals surface area contributed by atoms with Gasteiger partial charge in [0.25, 0.3) is 30.4 Å². The Kier molecular flexibility index (Phi) is 6.41. The van der Waals surface area contributed by atoms with Crippen LogP contribution in [0.3, 0.4) is 0 Å². The fourth-order valence-corrected chi connectivity index (χ4v) is 4.93. The van der Waals surface area contributed by atoms with Crippen LogP contribution in [0.25, 0.3) is 10.8 Å². The first-order valence-corrected chi connectivity index (χ1v) is 12.0. The molecule has 162 valence electrons. The lowest BCUT2D eigenvalue weighted by molar-refractivity contribution is 0.465. The number of nitrogens with two attached hydrogens (primary N) is 2. The summed E-state index contributed by atoms with van der Waals surface area (Å²) in [6.07, 6.45) is 0. The van der Waals surface area contributed by atoms with Crippen LogP contribution in [0.1, 0.15) is 0 Å². The van der Waals surface area contributed by atoms with Crippen molar-refractivity contribution in [2.24, 2.45) is 0 Å². The van der Waals surface area contributed by atoms with Crippen LogP contribution in [0.15, 0.2) is 69.3 Å². The Morgan fingerprint density at radius 3 is 1.53 bits per heavy atom. The fraction of sp³-hybridized carbons (Fsp3) is 0. The highest BCUT2D eigenvalue weighted by atomic mass is 32.2. The van der Waals surface area contributed by atoms with Gasteiger partial charge in [0.05, 0.1) is 5.69 Å². The van der Waals surface area contributed by atoms with Crippen LogP contribution >= 0.6 is 0 Å². The van der Waals surface area contributed by atoms with Gasteiger partial charge in [-0.1, -0.05) is 36.4 Å². The normalized spacial score (nSPS) is 12.2. The van der Waals surface area contributed by atoms with Crippen LogP contribution in [-0.4, -0.2) is 38.9 Å². The van der Waals surface area contributed by atoms with Crippen molar-refractivity contribution in [1.82, 2.24) is 0 Å². The van der Waals surface area contributed by atoms with Crippen molar-refractivity contribution in [2.45, 2.75) is 14.7 Å². The Morgan fingerprint density at radius 1 is 0.567 bits per heavy atom. The third-order valence-corrected chi connectivity index (χ3v) is 6.56. The molecule has 0 aromatic heterocycles. The fourth-order valence-electron chi connectivity index (χ4n) is 2.43. The van der Waals surface area contributed by atoms with Crippen LogP contribution in [0.4, 0.5) is 11.4 Å². The molecule has 0 aliphatic carbocycles. The Balaban J connectivity index is 0.000000244. The quantitative estimate of drug-likeness (QED) is 0.269. The van der Waals surface area contributed by atoms with Crippen LogP contribution in [0.2, 0.25) is 0 Å². The average Bonchev–Trinajstić information content (AvgIpc) is 2.60. The summed E-state index contributed by atoms with van der Waals surface area (Å²) in [6.45, 7) is 0. The molecule has 0 fully saturated rings. The molecule has 0 amide bonds. The smallest absolute Gasteiger partial charge is 0.296 e. The van der Waals surface area contributed by atoms with E-state index in [-0.39, 0.29) is 12.1 Å². The van der Waals surface area contributed by atoms with Crippen molar-refractivity contribution >= 4 is 52.5 Å². The van der Waals surface area contributed by atoms with E-state index in [4.69, 9.17) is 25.1 Å². The lowest BCUT2D eigenvalue weighted by Gasteiger charge is -2.08. The van der Waals surface area contributed by atoms with Crippen molar-refractivity contribution < 1.29 is 38.9 Å². The molecule has 11 nitrogen and oxygen atoms in total. The van der Waals surface area contributed by atoms with E-state index in [1.54, 1.807) is 0 Å². The molecular formula is C16H16N2O9S3. The summed E-state index contributed by atoms with van der Waals surface area (Å²) in [5.41, 5.74) is 10.9. The molecule has 7 N–H and O–H groups in total. The van der Waals surface area contributed by atoms with E-state index >= 15 is 0 Å². The highest BCUT2D eigenvalue weighted by molar-refractivity contribution is 7.89. The zero-order valence-corrected chi connectivity index (χ0v) is 17.3. The van der Waals surface area contributed by atoms with E-state index in [9.17, 15) is 25.3 Å². The number of fused-ring (bicyclic) bond motifs is 1. The molecule has 14 heteroatoms. The first-order valence-electron chi connectivity index (χ1n) is 7.71. The van der Waals surface area contributed by atoms with Gasteiger partial charge < -0.3 is 11.5 Å². The third kappa shape index (κ3) is 5.44. The SMILES string of the molecule is Nc1cc(S(=O)(=O)O)c(S(=O)(=O)O)cc1S(=O)(=O)O.Nc1cccc2ccccc12. The monoisotopic (exact) mass is 476 g/mol. The zero-order chi connectivity index (χ0) is 22.9. The zero-order valence-electron chi connectivity index (χ0n) is 14.9. The molecule has 3 aromatic rings. The van der Waals surface area contributed by atoms with Crippen molar-refractivity contribution in [2.75, 3.05) is 11.5 Å². The molecule has 30 heavy (non-hydrogen) atoms. The molecule has 0 aliphatic heterocycles. The van der Waals surface area contributed by atoms with Crippen LogP contribution in [0.5, 0.6) is 0 Å². The molecule has 0 radical (unpaired) electrons. The minimum Gasteiger partial charge on any atom is -0.398 e. The Hall–Kier alpha value is -2.75. The number of anilines is 2. The van der Waals surface area contributed by atoms with E-state index in [0.29, 0.717) is 0 Å². The molecular weight excluding hydrogens is 460 g/mol. The number of rotatable bonds is 3. The van der Waals surface area contributed by atoms with Crippen molar-refractivity contribution in [1.29, 1.82) is 0 Å². The topological polar surface area (TPSA) is 215 Å². The lowest BCUT2D eigenvalue weighted by atomic mass is 10.1. The van der Waals surface area contributed by atoms with Gasteiger partial charge in [0.15, 0.2) is 0 Å². The minimum atomic E-state index is -5.19. The second-order valence-electron chi connectivity index (χ2n) is 5.83. The maximum absolute atomic E-state index is 11.0. The molecule has 0 spiro atoms. The van der Waals surface area contributed by atoms with Crippen molar-refractivity contribution in [3.8, 4) is 0 Å². The molecule has 0 unspecified atom stereocenters. The summed E-state index contributed by atoms with van der Waals surface area (Å²) in [6, 6.07) is 14.5. The van der Waals surface area contributed by atoms with E-state index < -0.39 is 50.7 Å². The van der Waals surface area contributed by atoms with Crippen LogP contribution in [0, 0.1) is 0 Å². The number of hydrogen-bond acceptors (Lipinski definition) is 8. The molecule has 0 atom stereocenters. The van der Waals surface area contributed by atoms with Gasteiger partial charge >= 0.3 is 0 Å². The molecule has 0 heterocycles. The van der Waals surface area contributed by atoms with E-state index in [1.807, 2.05) is 30.3 Å². The van der Waals surface area contributed by atoms with E-state index in [0.717, 1.165) is 11.1 Å². The highest BCUT2D eigenvalue weighted by Crippen LogP contribution is 2.29. The van der Waals surface area contributed by atoms with Crippen molar-refractivity contribution in [3.05, 3.63) is 54.6 Å². The first-order chi connectivity index (χ1) is 13.6. The van der Waals surface area contributed by atoms with Gasteiger partial charge in [-0.15, -0.1) is 0 Å². The molecule has 0 bridgehead atoms. The van der Waals surface area contributed by atoms with Gasteiger partial charge in [-0.3, -0.25) is 13.7 Å². The van der Waals surface area contributed by atoms with E-state index in [1.165, 1.54) is 5.39 Å². The predicted molar refractivity (Wildman–Crippen MR) is 109 cm³/mol. The standard InChI is InChI=1S/C10H9N.C6H7NO9S3/c11-10-7-3-5-8-4-1-2-6-9(8)10;7-3-1-5(18(11,12)13)6(19(14,15)16)2-4(3)17(8,9)10/h1-7H,11H2;1-2H,7H2,(H,8,9,10)(H,11,12,13)(H,14,15,16). The molecule has 0 saturated heterocycles. The summed E-state index contributed by atoms with van der Waals surface area (Å²) >= 11 is 0. The van der Waals surface area contributed by atoms with Crippen LogP contribution in [-0.2, 0) is 30.4 Å². The predicted octanol–water partition coefficient (Wildman–Crippen LogP) is 1.43. The van der Waals surface area contributed by atoms with Crippen molar-refractivity contribution in [3.63, 3.8) is 0 Å². The molecule has 0 aliphatic rings. The summed E-state index contributed by atoms with van der Waals surface area (Å²) in [7, 11) is -15.2. The summed E-state index contributed by atoms with van der Waals surface area (Å²) in [5, 5.41) is 2.34. The maximum atomic E-state index is 11.0. The summed E-state index contributed by atoms with van der Waals surface area (Å²) in [5.74, 6) is 0. The van der Waals surface area contributed by atoms with E-state index in [2.05, 4.69) is 12.1 Å². The van der Waals surface area contributed by atoms with Gasteiger partial charge in [0.2, 0.25) is 0 Å². The second-order valence-corrected chi connectivity index (χ2v) is 10.0. The van der Waals surface area contributed by atoms with Gasteiger partial charge in [-0.05, 0) is 23.6 Å². The largest absolute Gasteiger partial charge is 0.398 e. The number of nitrogen functional groups attached to an aromatic ring is 2. The minimum absolute atomic E-state index is 0.114. The third-order valence-electron chi connectivity index (χ3n) is 3.73. The summed E-state index contributed by atoms with van der Waals surface area (Å²) in [4.78, 5) is -3.88. The Labute approximate surface area is 172 Å². The van der Waals surface area contributed by atoms with Gasteiger partial charge in [0.1, 0.15) is 14.7 Å². The van der Waals surface area contributed by atoms with Gasteiger partial charge in [0, 0.05) is 11.1 Å². The summed E-state index contributed by atoms with van der Waals surface area (Å²) < 4.78 is 91.9. The Morgan fingerprint density at radius 2 is 1.03 bits per heavy atom. The second kappa shape index (κ2) is 8.17. The maximum Gasteiger partial charge on any atom is 0.296 e. The first kappa shape index (κ1) is 23.5. The van der Waals surface area contributed by atoms with Crippen LogP contribution < -0.4 is 11.5 Å². The highest BCUT2D eigenvalue weighted by Gasteiger charge is 2.28. The Bertz CT molecular complexity index is 1430. The molecule has 3 rings (SSSR count).